The first kappa shape index (κ1) is 12.7. The van der Waals surface area contributed by atoms with E-state index in [0.29, 0.717) is 0 Å². The topological polar surface area (TPSA) is 0 Å². The smallest absolute Gasteiger partial charge is 0.0297 e. The van der Waals surface area contributed by atoms with Gasteiger partial charge in [0.2, 0.25) is 0 Å². The van der Waals surface area contributed by atoms with Crippen molar-refractivity contribution in [2.45, 2.75) is 198 Å². The lowest BCUT2D eigenvalue weighted by molar-refractivity contribution is 0.398. The normalized spacial score (nSPS) is 29.1. The van der Waals surface area contributed by atoms with E-state index in [1.807, 2.05) is 55.4 Å². The monoisotopic (exact) mass is 524 g/mol. The van der Waals surface area contributed by atoms with E-state index < -0.39 is 95.1 Å². The molecule has 0 aromatic rings. The summed E-state index contributed by atoms with van der Waals surface area (Å²) < 4.78 is 206. The summed E-state index contributed by atoms with van der Waals surface area (Å²) in [5.74, 6) is -6.81. The summed E-state index contributed by atoms with van der Waals surface area (Å²) in [5.41, 5.74) is -2.35. The molecule has 0 rings (SSSR count). The quantitative estimate of drug-likeness (QED) is 0.343. The van der Waals surface area contributed by atoms with E-state index in [4.69, 9.17) is 39.8 Å². The van der Waals surface area contributed by atoms with E-state index in [1.165, 1.54) is 20.8 Å². The van der Waals surface area contributed by atoms with Crippen molar-refractivity contribution in [1.82, 2.24) is 0 Å². The first-order valence-electron chi connectivity index (χ1n) is 26.5. The molecule has 2 unspecified atom stereocenters. The van der Waals surface area contributed by atoms with Crippen molar-refractivity contribution in [2.75, 3.05) is 0 Å². The fourth-order valence-electron chi connectivity index (χ4n) is 0.188. The highest BCUT2D eigenvalue weighted by atomic mass is 14.1. The molecule has 0 spiro atoms. The van der Waals surface area contributed by atoms with Crippen molar-refractivity contribution in [3.63, 3.8) is 0 Å². The van der Waals surface area contributed by atoms with E-state index in [9.17, 15) is 0 Å². The van der Waals surface area contributed by atoms with Crippen molar-refractivity contribution in [3.8, 4) is 0 Å². The lowest BCUT2D eigenvalue weighted by Gasteiger charge is -2.12. The van der Waals surface area contributed by atoms with Gasteiger partial charge in [-0.15, -0.1) is 0 Å². The van der Waals surface area contributed by atoms with E-state index in [-0.39, 0.29) is 0 Å². The van der Waals surface area contributed by atoms with Gasteiger partial charge in [0.1, 0.15) is 0 Å². The summed E-state index contributed by atoms with van der Waals surface area (Å²) in [4.78, 5) is 0. The predicted molar refractivity (Wildman–Crippen MR) is 176 cm³/mol. The van der Waals surface area contributed by atoms with Crippen LogP contribution in [0.5, 0.6) is 0 Å². The number of rotatable bonds is 4. The van der Waals surface area contributed by atoms with Crippen LogP contribution in [-0.2, 0) is 0 Å². The lowest BCUT2D eigenvalue weighted by atomic mass is 9.94. The molecule has 0 saturated carbocycles. The second kappa shape index (κ2) is 63.9. The molecule has 0 heterocycles. The highest BCUT2D eigenvalue weighted by molar-refractivity contribution is 4.55. The van der Waals surface area contributed by atoms with Gasteiger partial charge in [-0.2, -0.15) is 0 Å². The lowest BCUT2D eigenvalue weighted by Crippen LogP contribution is -2.00. The van der Waals surface area contributed by atoms with Crippen LogP contribution in [0.25, 0.3) is 0 Å². The van der Waals surface area contributed by atoms with Gasteiger partial charge in [0.15, 0.2) is 0 Å². The van der Waals surface area contributed by atoms with Crippen LogP contribution in [0, 0.1) is 29.0 Å². The Balaban J connectivity index is -0.0000000805. The first-order valence-corrected chi connectivity index (χ1v) is 12.0. The third-order valence-corrected chi connectivity index (χ3v) is 1.69. The van der Waals surface area contributed by atoms with Crippen LogP contribution in [0.2, 0.25) is 0 Å². The SMILES string of the molecule is CC.CC.CC.CC.[2H]C([2H])(C)C([2H])(C)C.[2H]C([2H])([2H])C(C)(C([2H])([2H])[2H])C([2H])([2H])C.[2H]C([2H])([2H])C([2H])(C)C.[2H]C([2H])([2H])C([2H])(C)C([2H])([2H])C.[2H]C([2H])([2H])C([2H])(C)C([2H])([2H])C([2H])([2H])C. The average Bonchev–Trinajstić information content (AvgIpc) is 3.00. The van der Waals surface area contributed by atoms with Gasteiger partial charge in [-0.3, -0.25) is 0 Å². The summed E-state index contributed by atoms with van der Waals surface area (Å²) >= 11 is 0. The minimum atomic E-state index is -2.86. The molecule has 0 N–H and O–H groups in total. The third kappa shape index (κ3) is 308. The van der Waals surface area contributed by atoms with E-state index in [1.54, 1.807) is 13.8 Å². The molecular formula is C34H86. The second-order valence-electron chi connectivity index (χ2n) is 5.50. The van der Waals surface area contributed by atoms with Gasteiger partial charge >= 0.3 is 0 Å². The van der Waals surface area contributed by atoms with Crippen LogP contribution in [-0.4, -0.2) is 0 Å². The molecule has 0 heteroatoms. The molecule has 0 amide bonds. The maximum Gasteiger partial charge on any atom is 0.0297 e. The van der Waals surface area contributed by atoms with Crippen LogP contribution >= 0.6 is 0 Å². The average molecular weight is 524 g/mol. The molecule has 0 aliphatic rings. The van der Waals surface area contributed by atoms with Gasteiger partial charge < -0.3 is 0 Å². The molecule has 0 aromatic carbocycles. The molecular weight excluding hydrogens is 408 g/mol. The predicted octanol–water partition coefficient (Wildman–Crippen LogP) is 14.8. The van der Waals surface area contributed by atoms with Gasteiger partial charge in [0.25, 0.3) is 0 Å². The number of hydrogen-bond acceptors (Lipinski definition) is 0. The summed E-state index contributed by atoms with van der Waals surface area (Å²) in [7, 11) is 0. The number of hydrogen-bond donors (Lipinski definition) is 0. The van der Waals surface area contributed by atoms with Gasteiger partial charge in [0.05, 0.1) is 0 Å². The summed E-state index contributed by atoms with van der Waals surface area (Å²) in [6.45, 7) is 15.9. The Morgan fingerprint density at radius 2 is 0.912 bits per heavy atom. The Hall–Kier alpha value is 0. The molecule has 0 aromatic heterocycles. The van der Waals surface area contributed by atoms with E-state index in [2.05, 4.69) is 0 Å². The van der Waals surface area contributed by atoms with Gasteiger partial charge in [0, 0.05) is 39.8 Å². The van der Waals surface area contributed by atoms with Crippen molar-refractivity contribution in [1.29, 1.82) is 0 Å². The zero-order chi connectivity index (χ0) is 55.5. The Morgan fingerprint density at radius 1 is 0.618 bits per heavy atom. The Labute approximate surface area is 268 Å². The Kier molecular flexibility index (Phi) is 23.9. The molecule has 34 heavy (non-hydrogen) atoms. The van der Waals surface area contributed by atoms with Crippen LogP contribution in [0.1, 0.15) is 237 Å². The molecule has 0 aliphatic carbocycles. The first-order chi connectivity index (χ1) is 26.5. The third-order valence-electron chi connectivity index (χ3n) is 1.69. The maximum atomic E-state index is 7.46. The van der Waals surface area contributed by atoms with Crippen molar-refractivity contribution < 1.29 is 39.8 Å². The van der Waals surface area contributed by atoms with Crippen LogP contribution in [0.15, 0.2) is 0 Å². The minimum Gasteiger partial charge on any atom is -0.0683 e. The van der Waals surface area contributed by atoms with Crippen molar-refractivity contribution >= 4 is 0 Å². The molecule has 2 atom stereocenters. The summed E-state index contributed by atoms with van der Waals surface area (Å²) in [6.07, 6.45) is -10.8. The van der Waals surface area contributed by atoms with Crippen molar-refractivity contribution in [3.05, 3.63) is 0 Å². The molecule has 0 saturated heterocycles. The zero-order valence-electron chi connectivity index (χ0n) is 55.5. The Morgan fingerprint density at radius 3 is 0.941 bits per heavy atom. The highest BCUT2D eigenvalue weighted by Gasteiger charge is 2.03. The van der Waals surface area contributed by atoms with Crippen LogP contribution in [0.4, 0.5) is 0 Å². The standard InChI is InChI=1S/2C6H14.2C5H12.C4H10.4C2H6/c1-5-6(2,3)4;1-4-5-6(2)3;2*1-4-5(2)3;1-4(2)3;4*1-2/h5H2,1-4H3;6H,4-5H2,1-3H3;2*5H,4H2,1-3H3;4H,1-3H3;4*1-2H3/i2D3,3D3,5D2;2D3,4D2,5D2,6D;2D3,4D2,5D;4D2,5D;1D3,4D;;;;. The van der Waals surface area contributed by atoms with Gasteiger partial charge in [-0.1, -0.05) is 198 Å². The molecule has 0 radical (unpaired) electrons. The van der Waals surface area contributed by atoms with Crippen molar-refractivity contribution in [2.24, 2.45) is 29.0 Å². The molecule has 0 bridgehead atoms. The summed E-state index contributed by atoms with van der Waals surface area (Å²) in [6, 6.07) is 0. The van der Waals surface area contributed by atoms with Gasteiger partial charge in [-0.05, 0) is 29.0 Å². The summed E-state index contributed by atoms with van der Waals surface area (Å²) in [5, 5.41) is 0. The molecule has 0 fully saturated rings. The van der Waals surface area contributed by atoms with E-state index in [0.717, 1.165) is 41.5 Å². The molecule has 0 aliphatic heterocycles. The minimum absolute atomic E-state index is 0.890. The fourth-order valence-corrected chi connectivity index (χ4v) is 0.188. The van der Waals surface area contributed by atoms with E-state index >= 15 is 0 Å². The Bertz CT molecular complexity index is 989. The highest BCUT2D eigenvalue weighted by Crippen LogP contribution is 2.16. The van der Waals surface area contributed by atoms with Gasteiger partial charge in [-0.25, -0.2) is 0 Å². The zero-order valence-corrected chi connectivity index (χ0v) is 26.5. The molecule has 0 nitrogen and oxygen atoms in total. The molecule has 222 valence electrons. The van der Waals surface area contributed by atoms with Crippen LogP contribution < -0.4 is 0 Å². The van der Waals surface area contributed by atoms with Crippen LogP contribution in [0.3, 0.4) is 0 Å². The largest absolute Gasteiger partial charge is 0.0683 e. The second-order valence-corrected chi connectivity index (χ2v) is 5.50. The fraction of sp³-hybridized carbons (Fsp3) is 1.00. The maximum absolute atomic E-state index is 7.46.